The molecule has 0 aliphatic heterocycles. The molecule has 0 radical (unpaired) electrons. The zero-order valence-corrected chi connectivity index (χ0v) is 12.9. The van der Waals surface area contributed by atoms with Crippen LogP contribution in [0, 0.1) is 0 Å². The van der Waals surface area contributed by atoms with Gasteiger partial charge in [-0.1, -0.05) is 11.6 Å². The molecule has 0 atom stereocenters. The molecule has 110 valence electrons. The average molecular weight is 305 g/mol. The fourth-order valence-corrected chi connectivity index (χ4v) is 1.76. The first-order valence-corrected chi connectivity index (χ1v) is 6.88. The monoisotopic (exact) mass is 304 g/mol. The molecular formula is C15H17ClN4O. The molecule has 1 amide bonds. The Hall–Kier alpha value is -2.14. The number of hydrogen-bond acceptors (Lipinski definition) is 4. The Balaban J connectivity index is 2.14. The maximum Gasteiger partial charge on any atom is 0.270 e. The summed E-state index contributed by atoms with van der Waals surface area (Å²) in [6.07, 6.45) is 1.36. The van der Waals surface area contributed by atoms with Gasteiger partial charge in [0, 0.05) is 22.3 Å². The molecule has 2 aromatic rings. The zero-order chi connectivity index (χ0) is 15.5. The molecule has 5 nitrogen and oxygen atoms in total. The van der Waals surface area contributed by atoms with Crippen molar-refractivity contribution < 1.29 is 4.79 Å². The lowest BCUT2D eigenvalue weighted by Crippen LogP contribution is -2.40. The first-order chi connectivity index (χ1) is 9.83. The van der Waals surface area contributed by atoms with E-state index in [-0.39, 0.29) is 11.4 Å². The van der Waals surface area contributed by atoms with Crippen molar-refractivity contribution >= 4 is 29.0 Å². The number of aromatic nitrogens is 2. The molecule has 1 aromatic heterocycles. The number of anilines is 2. The molecule has 0 unspecified atom stereocenters. The van der Waals surface area contributed by atoms with Crippen LogP contribution in [0.5, 0.6) is 0 Å². The summed E-state index contributed by atoms with van der Waals surface area (Å²) in [6, 6.07) is 8.82. The van der Waals surface area contributed by atoms with Gasteiger partial charge in [0.2, 0.25) is 0 Å². The van der Waals surface area contributed by atoms with Crippen molar-refractivity contribution in [1.82, 2.24) is 15.3 Å². The van der Waals surface area contributed by atoms with Crippen LogP contribution in [-0.4, -0.2) is 21.4 Å². The van der Waals surface area contributed by atoms with Crippen molar-refractivity contribution in [1.29, 1.82) is 0 Å². The molecule has 0 bridgehead atoms. The topological polar surface area (TPSA) is 66.9 Å². The molecule has 21 heavy (non-hydrogen) atoms. The molecule has 2 rings (SSSR count). The smallest absolute Gasteiger partial charge is 0.270 e. The fourth-order valence-electron chi connectivity index (χ4n) is 1.64. The fraction of sp³-hybridized carbons (Fsp3) is 0.267. The van der Waals surface area contributed by atoms with E-state index in [2.05, 4.69) is 20.6 Å². The van der Waals surface area contributed by atoms with Gasteiger partial charge in [-0.2, -0.15) is 0 Å². The van der Waals surface area contributed by atoms with Crippen LogP contribution in [0.1, 0.15) is 31.3 Å². The number of nitrogens with zero attached hydrogens (tertiary/aromatic N) is 2. The van der Waals surface area contributed by atoms with E-state index in [9.17, 15) is 4.79 Å². The molecule has 0 saturated carbocycles. The van der Waals surface area contributed by atoms with E-state index < -0.39 is 0 Å². The summed E-state index contributed by atoms with van der Waals surface area (Å²) >= 11 is 5.84. The number of benzene rings is 1. The van der Waals surface area contributed by atoms with Gasteiger partial charge in [-0.3, -0.25) is 4.79 Å². The highest BCUT2D eigenvalue weighted by Gasteiger charge is 2.16. The van der Waals surface area contributed by atoms with Gasteiger partial charge >= 0.3 is 0 Å². The lowest BCUT2D eigenvalue weighted by Gasteiger charge is -2.20. The van der Waals surface area contributed by atoms with Gasteiger partial charge in [0.05, 0.1) is 0 Å². The van der Waals surface area contributed by atoms with Crippen LogP contribution in [0.3, 0.4) is 0 Å². The van der Waals surface area contributed by atoms with Crippen LogP contribution >= 0.6 is 11.6 Å². The largest absolute Gasteiger partial charge is 0.346 e. The first-order valence-electron chi connectivity index (χ1n) is 6.51. The quantitative estimate of drug-likeness (QED) is 0.912. The summed E-state index contributed by atoms with van der Waals surface area (Å²) in [4.78, 5) is 20.2. The molecule has 2 N–H and O–H groups in total. The van der Waals surface area contributed by atoms with Crippen molar-refractivity contribution in [3.63, 3.8) is 0 Å². The minimum absolute atomic E-state index is 0.232. The van der Waals surface area contributed by atoms with Gasteiger partial charge in [0.1, 0.15) is 17.8 Å². The van der Waals surface area contributed by atoms with E-state index in [1.54, 1.807) is 18.2 Å². The van der Waals surface area contributed by atoms with Crippen LogP contribution in [0.2, 0.25) is 5.02 Å². The van der Waals surface area contributed by atoms with Gasteiger partial charge < -0.3 is 10.6 Å². The van der Waals surface area contributed by atoms with Crippen LogP contribution in [0.4, 0.5) is 11.5 Å². The van der Waals surface area contributed by atoms with E-state index in [1.165, 1.54) is 6.33 Å². The van der Waals surface area contributed by atoms with E-state index in [1.807, 2.05) is 32.9 Å². The number of hydrogen-bond donors (Lipinski definition) is 2. The predicted molar refractivity (Wildman–Crippen MR) is 84.0 cm³/mol. The maximum absolute atomic E-state index is 12.1. The number of carbonyl (C=O) groups is 1. The third-order valence-electron chi connectivity index (χ3n) is 2.50. The molecular weight excluding hydrogens is 288 g/mol. The first kappa shape index (κ1) is 15.3. The zero-order valence-electron chi connectivity index (χ0n) is 12.1. The standard InChI is InChI=1S/C15H17ClN4O/c1-15(2,3)20-14(21)12-8-13(18-9-17-12)19-11-6-4-10(16)5-7-11/h4-9H,1-3H3,(H,20,21)(H,17,18,19). The highest BCUT2D eigenvalue weighted by atomic mass is 35.5. The van der Waals surface area contributed by atoms with E-state index in [4.69, 9.17) is 11.6 Å². The lowest BCUT2D eigenvalue weighted by molar-refractivity contribution is 0.0914. The normalized spacial score (nSPS) is 11.0. The highest BCUT2D eigenvalue weighted by Crippen LogP contribution is 2.17. The van der Waals surface area contributed by atoms with Crippen LogP contribution in [0.25, 0.3) is 0 Å². The van der Waals surface area contributed by atoms with Crippen molar-refractivity contribution in [2.24, 2.45) is 0 Å². The molecule has 0 aliphatic rings. The molecule has 1 heterocycles. The molecule has 0 aliphatic carbocycles. The summed E-state index contributed by atoms with van der Waals surface area (Å²) < 4.78 is 0. The Kier molecular flexibility index (Phi) is 4.43. The summed E-state index contributed by atoms with van der Waals surface area (Å²) in [5.74, 6) is 0.315. The second kappa shape index (κ2) is 6.10. The van der Waals surface area contributed by atoms with E-state index >= 15 is 0 Å². The molecule has 0 fully saturated rings. The molecule has 0 saturated heterocycles. The van der Waals surface area contributed by atoms with Gasteiger partial charge in [0.25, 0.3) is 5.91 Å². The third-order valence-corrected chi connectivity index (χ3v) is 2.76. The number of halogens is 1. The maximum atomic E-state index is 12.1. The number of nitrogens with one attached hydrogen (secondary N) is 2. The Labute approximate surface area is 128 Å². The SMILES string of the molecule is CC(C)(C)NC(=O)c1cc(Nc2ccc(Cl)cc2)ncn1. The second-order valence-electron chi connectivity index (χ2n) is 5.62. The highest BCUT2D eigenvalue weighted by molar-refractivity contribution is 6.30. The Morgan fingerprint density at radius 1 is 1.14 bits per heavy atom. The van der Waals surface area contributed by atoms with Crippen molar-refractivity contribution in [3.05, 3.63) is 47.4 Å². The third kappa shape index (κ3) is 4.72. The number of amides is 1. The summed E-state index contributed by atoms with van der Waals surface area (Å²) in [5.41, 5.74) is 0.836. The average Bonchev–Trinajstić information content (AvgIpc) is 2.40. The second-order valence-corrected chi connectivity index (χ2v) is 6.06. The summed E-state index contributed by atoms with van der Waals surface area (Å²) in [7, 11) is 0. The Bertz CT molecular complexity index is 635. The lowest BCUT2D eigenvalue weighted by atomic mass is 10.1. The van der Waals surface area contributed by atoms with Gasteiger partial charge in [-0.15, -0.1) is 0 Å². The summed E-state index contributed by atoms with van der Waals surface area (Å²) in [6.45, 7) is 5.75. The molecule has 0 spiro atoms. The summed E-state index contributed by atoms with van der Waals surface area (Å²) in [5, 5.41) is 6.62. The van der Waals surface area contributed by atoms with Gasteiger partial charge in [-0.25, -0.2) is 9.97 Å². The van der Waals surface area contributed by atoms with Crippen LogP contribution in [-0.2, 0) is 0 Å². The van der Waals surface area contributed by atoms with E-state index in [0.29, 0.717) is 16.5 Å². The van der Waals surface area contributed by atoms with E-state index in [0.717, 1.165) is 5.69 Å². The minimum atomic E-state index is -0.314. The molecule has 6 heteroatoms. The van der Waals surface area contributed by atoms with Crippen molar-refractivity contribution in [3.8, 4) is 0 Å². The minimum Gasteiger partial charge on any atom is -0.346 e. The van der Waals surface area contributed by atoms with Crippen molar-refractivity contribution in [2.75, 3.05) is 5.32 Å². The number of carbonyl (C=O) groups excluding carboxylic acids is 1. The molecule has 1 aromatic carbocycles. The van der Waals surface area contributed by atoms with Crippen LogP contribution in [0.15, 0.2) is 36.7 Å². The van der Waals surface area contributed by atoms with Gasteiger partial charge in [0.15, 0.2) is 0 Å². The van der Waals surface area contributed by atoms with Crippen molar-refractivity contribution in [2.45, 2.75) is 26.3 Å². The Morgan fingerprint density at radius 2 is 1.81 bits per heavy atom. The number of rotatable bonds is 3. The van der Waals surface area contributed by atoms with Crippen LogP contribution < -0.4 is 10.6 Å². The van der Waals surface area contributed by atoms with Gasteiger partial charge in [-0.05, 0) is 45.0 Å². The predicted octanol–water partition coefficient (Wildman–Crippen LogP) is 3.40. The Morgan fingerprint density at radius 3 is 2.43 bits per heavy atom.